The van der Waals surface area contributed by atoms with Crippen LogP contribution in [-0.4, -0.2) is 63.7 Å². The molecule has 2 aliphatic rings. The zero-order valence-corrected chi connectivity index (χ0v) is 20.5. The van der Waals surface area contributed by atoms with Crippen LogP contribution in [0.3, 0.4) is 0 Å². The maximum atomic E-state index is 12.3. The van der Waals surface area contributed by atoms with E-state index in [0.717, 1.165) is 47.0 Å². The minimum absolute atomic E-state index is 0.212. The molecule has 1 aliphatic carbocycles. The van der Waals surface area contributed by atoms with Crippen LogP contribution in [0.4, 0.5) is 0 Å². The number of nitrogens with one attached hydrogen (secondary N) is 1. The second-order valence-corrected chi connectivity index (χ2v) is 10.3. The molecule has 3 atom stereocenters. The first-order chi connectivity index (χ1) is 16.3. The lowest BCUT2D eigenvalue weighted by Crippen LogP contribution is -2.34. The molecule has 180 valence electrons. The first-order valence-corrected chi connectivity index (χ1v) is 12.2. The maximum Gasteiger partial charge on any atom is 0.341 e. The zero-order chi connectivity index (χ0) is 24.1. The van der Waals surface area contributed by atoms with Crippen LogP contribution in [0, 0.1) is 11.8 Å². The van der Waals surface area contributed by atoms with Crippen molar-refractivity contribution in [2.75, 3.05) is 27.2 Å². The number of carboxylic acids is 1. The largest absolute Gasteiger partial charge is 0.477 e. The van der Waals surface area contributed by atoms with E-state index in [-0.39, 0.29) is 5.56 Å². The van der Waals surface area contributed by atoms with Crippen molar-refractivity contribution in [3.05, 3.63) is 57.5 Å². The molecule has 2 fully saturated rings. The van der Waals surface area contributed by atoms with E-state index in [1.165, 1.54) is 31.1 Å². The number of aryl methyl sites for hydroxylation is 2. The molecule has 1 saturated carbocycles. The van der Waals surface area contributed by atoms with Gasteiger partial charge >= 0.3 is 5.97 Å². The standard InChI is InChI=1S/C27H34N4O3/c1-5-16-12-21(27(33)34)26(32)28-25(16)17-6-8-23-19(10-17)11-20(30(23)4)14-31-13-18-7-9-24(29(2)3)22(18)15-31/h6,8,10-12,18,22,24H,5,7,9,13-15H2,1-4H3,(H,28,32)(H,33,34)/t18-,22+,24-/m1/s1. The predicted molar refractivity (Wildman–Crippen MR) is 134 cm³/mol. The molecular formula is C27H34N4O3. The van der Waals surface area contributed by atoms with Gasteiger partial charge in [0.25, 0.3) is 5.56 Å². The van der Waals surface area contributed by atoms with Crippen LogP contribution in [0.1, 0.15) is 41.4 Å². The van der Waals surface area contributed by atoms with Crippen molar-refractivity contribution >= 4 is 16.9 Å². The topological polar surface area (TPSA) is 81.6 Å². The molecule has 7 nitrogen and oxygen atoms in total. The first kappa shape index (κ1) is 22.9. The summed E-state index contributed by atoms with van der Waals surface area (Å²) >= 11 is 0. The van der Waals surface area contributed by atoms with Gasteiger partial charge in [-0.3, -0.25) is 9.69 Å². The molecule has 5 rings (SSSR count). The summed E-state index contributed by atoms with van der Waals surface area (Å²) in [5.41, 5.74) is 4.10. The number of aromatic amines is 1. The third kappa shape index (κ3) is 3.87. The summed E-state index contributed by atoms with van der Waals surface area (Å²) in [6, 6.07) is 10.7. The van der Waals surface area contributed by atoms with E-state index in [1.54, 1.807) is 0 Å². The lowest BCUT2D eigenvalue weighted by Gasteiger charge is -2.26. The fourth-order valence-electron chi connectivity index (χ4n) is 6.31. The molecule has 34 heavy (non-hydrogen) atoms. The quantitative estimate of drug-likeness (QED) is 0.585. The number of hydrogen-bond donors (Lipinski definition) is 2. The van der Waals surface area contributed by atoms with E-state index < -0.39 is 11.5 Å². The Labute approximate surface area is 200 Å². The molecule has 0 radical (unpaired) electrons. The van der Waals surface area contributed by atoms with E-state index in [1.807, 2.05) is 13.0 Å². The first-order valence-electron chi connectivity index (χ1n) is 12.2. The number of likely N-dealkylation sites (tertiary alicyclic amines) is 1. The number of aromatic nitrogens is 2. The predicted octanol–water partition coefficient (Wildman–Crippen LogP) is 3.57. The molecule has 2 N–H and O–H groups in total. The third-order valence-corrected chi connectivity index (χ3v) is 8.11. The number of rotatable bonds is 6. The van der Waals surface area contributed by atoms with Gasteiger partial charge in [-0.25, -0.2) is 4.79 Å². The van der Waals surface area contributed by atoms with Crippen LogP contribution in [0.5, 0.6) is 0 Å². The molecule has 7 heteroatoms. The summed E-state index contributed by atoms with van der Waals surface area (Å²) in [4.78, 5) is 31.6. The average molecular weight is 463 g/mol. The second-order valence-electron chi connectivity index (χ2n) is 10.3. The summed E-state index contributed by atoms with van der Waals surface area (Å²) in [5, 5.41) is 10.4. The SMILES string of the molecule is CCc1cc(C(=O)O)c(=O)[nH]c1-c1ccc2c(c1)cc(CN1C[C@H]3CC[C@@H](N(C)C)[C@H]3C1)n2C. The molecule has 3 heterocycles. The number of pyridine rings is 1. The van der Waals surface area contributed by atoms with Gasteiger partial charge in [0.2, 0.25) is 0 Å². The summed E-state index contributed by atoms with van der Waals surface area (Å²) in [7, 11) is 6.55. The highest BCUT2D eigenvalue weighted by atomic mass is 16.4. The van der Waals surface area contributed by atoms with Gasteiger partial charge in [0.1, 0.15) is 5.56 Å². The van der Waals surface area contributed by atoms with E-state index in [9.17, 15) is 14.7 Å². The average Bonchev–Trinajstić information content (AvgIpc) is 3.46. The number of hydrogen-bond acceptors (Lipinski definition) is 4. The maximum absolute atomic E-state index is 12.3. The van der Waals surface area contributed by atoms with Crippen LogP contribution >= 0.6 is 0 Å². The molecule has 3 aromatic rings. The van der Waals surface area contributed by atoms with Gasteiger partial charge in [-0.15, -0.1) is 0 Å². The number of aromatic carboxylic acids is 1. The fraction of sp³-hybridized carbons (Fsp3) is 0.481. The minimum Gasteiger partial charge on any atom is -0.477 e. The Kier molecular flexibility index (Phi) is 5.86. The Hall–Kier alpha value is -2.90. The highest BCUT2D eigenvalue weighted by molar-refractivity contribution is 5.89. The summed E-state index contributed by atoms with van der Waals surface area (Å²) in [5.74, 6) is 0.384. The Balaban J connectivity index is 1.43. The summed E-state index contributed by atoms with van der Waals surface area (Å²) < 4.78 is 2.27. The van der Waals surface area contributed by atoms with Gasteiger partial charge in [-0.2, -0.15) is 0 Å². The summed E-state index contributed by atoms with van der Waals surface area (Å²) in [6.07, 6.45) is 3.29. The van der Waals surface area contributed by atoms with Crippen molar-refractivity contribution in [1.82, 2.24) is 19.4 Å². The van der Waals surface area contributed by atoms with Crippen molar-refractivity contribution in [2.24, 2.45) is 18.9 Å². The van der Waals surface area contributed by atoms with Crippen molar-refractivity contribution in [3.8, 4) is 11.3 Å². The highest BCUT2D eigenvalue weighted by Crippen LogP contribution is 2.40. The lowest BCUT2D eigenvalue weighted by molar-refractivity contribution is 0.0695. The van der Waals surface area contributed by atoms with E-state index in [0.29, 0.717) is 18.2 Å². The van der Waals surface area contributed by atoms with Gasteiger partial charge in [-0.1, -0.05) is 13.0 Å². The van der Waals surface area contributed by atoms with Crippen LogP contribution < -0.4 is 5.56 Å². The second kappa shape index (κ2) is 8.71. The Morgan fingerprint density at radius 2 is 1.97 bits per heavy atom. The smallest absolute Gasteiger partial charge is 0.341 e. The molecule has 0 bridgehead atoms. The monoisotopic (exact) mass is 462 g/mol. The van der Waals surface area contributed by atoms with E-state index in [4.69, 9.17) is 0 Å². The van der Waals surface area contributed by atoms with E-state index >= 15 is 0 Å². The third-order valence-electron chi connectivity index (χ3n) is 8.11. The number of fused-ring (bicyclic) bond motifs is 2. The van der Waals surface area contributed by atoms with Crippen molar-refractivity contribution in [3.63, 3.8) is 0 Å². The molecular weight excluding hydrogens is 428 g/mol. The highest BCUT2D eigenvalue weighted by Gasteiger charge is 2.43. The number of carbonyl (C=O) groups is 1. The van der Waals surface area contributed by atoms with Gasteiger partial charge in [-0.05, 0) is 80.6 Å². The fourth-order valence-corrected chi connectivity index (χ4v) is 6.31. The van der Waals surface area contributed by atoms with Crippen LogP contribution in [0.15, 0.2) is 35.1 Å². The molecule has 1 saturated heterocycles. The zero-order valence-electron chi connectivity index (χ0n) is 20.5. The molecule has 1 aliphatic heterocycles. The molecule has 2 aromatic heterocycles. The van der Waals surface area contributed by atoms with Crippen LogP contribution in [0.2, 0.25) is 0 Å². The number of H-pyrrole nitrogens is 1. The molecule has 0 spiro atoms. The molecule has 0 unspecified atom stereocenters. The van der Waals surface area contributed by atoms with Gasteiger partial charge in [0, 0.05) is 49.3 Å². The van der Waals surface area contributed by atoms with Gasteiger partial charge < -0.3 is 19.6 Å². The van der Waals surface area contributed by atoms with Gasteiger partial charge in [0.05, 0.1) is 5.69 Å². The van der Waals surface area contributed by atoms with Crippen LogP contribution in [0.25, 0.3) is 22.2 Å². The van der Waals surface area contributed by atoms with Crippen LogP contribution in [-0.2, 0) is 20.0 Å². The Bertz CT molecular complexity index is 1310. The Morgan fingerprint density at radius 3 is 2.68 bits per heavy atom. The lowest BCUT2D eigenvalue weighted by atomic mass is 9.97. The number of benzene rings is 1. The normalized spacial score (nSPS) is 22.7. The number of nitrogens with zero attached hydrogens (tertiary/aromatic N) is 3. The van der Waals surface area contributed by atoms with Crippen molar-refractivity contribution in [2.45, 2.75) is 38.8 Å². The van der Waals surface area contributed by atoms with Gasteiger partial charge in [0.15, 0.2) is 0 Å². The Morgan fingerprint density at radius 1 is 1.18 bits per heavy atom. The molecule has 0 amide bonds. The minimum atomic E-state index is -1.20. The number of carboxylic acid groups (broad SMARTS) is 1. The van der Waals surface area contributed by atoms with Crippen molar-refractivity contribution < 1.29 is 9.90 Å². The molecule has 1 aromatic carbocycles. The van der Waals surface area contributed by atoms with E-state index in [2.05, 4.69) is 58.7 Å². The van der Waals surface area contributed by atoms with Crippen molar-refractivity contribution in [1.29, 1.82) is 0 Å². The summed E-state index contributed by atoms with van der Waals surface area (Å²) in [6.45, 7) is 5.25.